The van der Waals surface area contributed by atoms with E-state index in [4.69, 9.17) is 28.9 Å². The van der Waals surface area contributed by atoms with Crippen molar-refractivity contribution in [2.75, 3.05) is 17.7 Å². The molecule has 3 aromatic rings. The Morgan fingerprint density at radius 3 is 2.60 bits per heavy atom. The quantitative estimate of drug-likeness (QED) is 0.592. The van der Waals surface area contributed by atoms with Crippen molar-refractivity contribution >= 4 is 56.4 Å². The summed E-state index contributed by atoms with van der Waals surface area (Å²) in [7, 11) is 0. The van der Waals surface area contributed by atoms with Crippen LogP contribution in [0, 0.1) is 6.92 Å². The predicted molar refractivity (Wildman–Crippen MR) is 107 cm³/mol. The highest BCUT2D eigenvalue weighted by Crippen LogP contribution is 2.39. The second kappa shape index (κ2) is 6.61. The Bertz CT molecular complexity index is 955. The molecule has 0 saturated heterocycles. The summed E-state index contributed by atoms with van der Waals surface area (Å²) in [6.45, 7) is 5.63. The SMILES string of the molecule is Cc1sc2nc(NC(C)(C)CO)nc(-c3ccc(Cl)c(Cl)c3)c2c1N. The maximum absolute atomic E-state index is 9.50. The second-order valence-electron chi connectivity index (χ2n) is 6.44. The lowest BCUT2D eigenvalue weighted by molar-refractivity contribution is 0.233. The lowest BCUT2D eigenvalue weighted by Crippen LogP contribution is -2.35. The van der Waals surface area contributed by atoms with Gasteiger partial charge in [-0.05, 0) is 32.9 Å². The molecule has 0 fully saturated rings. The number of hydrogen-bond donors (Lipinski definition) is 3. The molecule has 0 aliphatic carbocycles. The smallest absolute Gasteiger partial charge is 0.225 e. The van der Waals surface area contributed by atoms with Crippen LogP contribution in [0.4, 0.5) is 11.6 Å². The highest BCUT2D eigenvalue weighted by atomic mass is 35.5. The van der Waals surface area contributed by atoms with Crippen LogP contribution in [0.25, 0.3) is 21.5 Å². The Morgan fingerprint density at radius 2 is 1.96 bits per heavy atom. The molecule has 0 aliphatic heterocycles. The number of aryl methyl sites for hydroxylation is 1. The summed E-state index contributed by atoms with van der Waals surface area (Å²) in [6, 6.07) is 5.34. The molecule has 0 radical (unpaired) electrons. The number of halogens is 2. The van der Waals surface area contributed by atoms with E-state index in [1.807, 2.05) is 26.8 Å². The molecule has 5 nitrogen and oxygen atoms in total. The number of nitrogens with two attached hydrogens (primary N) is 1. The van der Waals surface area contributed by atoms with Gasteiger partial charge in [0.25, 0.3) is 0 Å². The molecule has 0 spiro atoms. The first-order valence-electron chi connectivity index (χ1n) is 7.63. The first kappa shape index (κ1) is 18.2. The molecule has 2 heterocycles. The normalized spacial score (nSPS) is 11.9. The van der Waals surface area contributed by atoms with E-state index >= 15 is 0 Å². The van der Waals surface area contributed by atoms with Crippen molar-refractivity contribution in [2.24, 2.45) is 0 Å². The Morgan fingerprint density at radius 1 is 1.24 bits per heavy atom. The molecule has 25 heavy (non-hydrogen) atoms. The summed E-state index contributed by atoms with van der Waals surface area (Å²) in [4.78, 5) is 11.0. The van der Waals surface area contributed by atoms with Crippen molar-refractivity contribution in [1.29, 1.82) is 0 Å². The van der Waals surface area contributed by atoms with Gasteiger partial charge in [0.1, 0.15) is 4.83 Å². The number of anilines is 2. The number of nitrogens with one attached hydrogen (secondary N) is 1. The molecule has 0 aliphatic rings. The van der Waals surface area contributed by atoms with Crippen molar-refractivity contribution in [3.05, 3.63) is 33.1 Å². The molecular weight excluding hydrogens is 379 g/mol. The Hall–Kier alpha value is -1.60. The molecule has 0 bridgehead atoms. The number of rotatable bonds is 4. The number of aromatic nitrogens is 2. The minimum atomic E-state index is -0.555. The minimum Gasteiger partial charge on any atom is -0.397 e. The van der Waals surface area contributed by atoms with Gasteiger partial charge in [0.05, 0.1) is 39.0 Å². The molecule has 0 atom stereocenters. The van der Waals surface area contributed by atoms with Crippen LogP contribution in [0.1, 0.15) is 18.7 Å². The highest BCUT2D eigenvalue weighted by molar-refractivity contribution is 7.19. The number of benzene rings is 1. The fraction of sp³-hybridized carbons (Fsp3) is 0.294. The van der Waals surface area contributed by atoms with E-state index in [1.165, 1.54) is 11.3 Å². The van der Waals surface area contributed by atoms with Gasteiger partial charge in [-0.15, -0.1) is 11.3 Å². The van der Waals surface area contributed by atoms with Gasteiger partial charge in [-0.3, -0.25) is 0 Å². The van der Waals surface area contributed by atoms with E-state index in [0.717, 1.165) is 20.7 Å². The molecular formula is C17H18Cl2N4OS. The average molecular weight is 397 g/mol. The number of fused-ring (bicyclic) bond motifs is 1. The zero-order chi connectivity index (χ0) is 18.4. The van der Waals surface area contributed by atoms with E-state index < -0.39 is 5.54 Å². The molecule has 0 unspecified atom stereocenters. The minimum absolute atomic E-state index is 0.0535. The summed E-state index contributed by atoms with van der Waals surface area (Å²) in [6.07, 6.45) is 0. The van der Waals surface area contributed by atoms with Gasteiger partial charge in [0, 0.05) is 10.4 Å². The molecule has 0 saturated carbocycles. The number of thiophene rings is 1. The van der Waals surface area contributed by atoms with Crippen molar-refractivity contribution in [3.63, 3.8) is 0 Å². The number of nitrogen functional groups attached to an aromatic ring is 1. The topological polar surface area (TPSA) is 84.1 Å². The zero-order valence-electron chi connectivity index (χ0n) is 14.0. The summed E-state index contributed by atoms with van der Waals surface area (Å²) >= 11 is 13.7. The third-order valence-corrected chi connectivity index (χ3v) is 5.57. The Balaban J connectivity index is 2.25. The van der Waals surface area contributed by atoms with E-state index in [0.29, 0.717) is 27.4 Å². The van der Waals surface area contributed by atoms with Crippen LogP contribution in [0.3, 0.4) is 0 Å². The maximum Gasteiger partial charge on any atom is 0.225 e. The molecule has 4 N–H and O–H groups in total. The van der Waals surface area contributed by atoms with E-state index in [1.54, 1.807) is 12.1 Å². The van der Waals surface area contributed by atoms with E-state index in [-0.39, 0.29) is 6.61 Å². The van der Waals surface area contributed by atoms with Gasteiger partial charge < -0.3 is 16.2 Å². The van der Waals surface area contributed by atoms with Gasteiger partial charge in [-0.1, -0.05) is 29.3 Å². The van der Waals surface area contributed by atoms with Crippen LogP contribution < -0.4 is 11.1 Å². The third-order valence-electron chi connectivity index (χ3n) is 3.81. The first-order valence-corrected chi connectivity index (χ1v) is 9.20. The number of aliphatic hydroxyl groups excluding tert-OH is 1. The molecule has 2 aromatic heterocycles. The van der Waals surface area contributed by atoms with Crippen LogP contribution >= 0.6 is 34.5 Å². The summed E-state index contributed by atoms with van der Waals surface area (Å²) in [5.74, 6) is 0.425. The van der Waals surface area contributed by atoms with Gasteiger partial charge in [0.15, 0.2) is 0 Å². The lowest BCUT2D eigenvalue weighted by atomic mass is 10.1. The summed E-state index contributed by atoms with van der Waals surface area (Å²) in [5, 5.41) is 14.4. The summed E-state index contributed by atoms with van der Waals surface area (Å²) in [5.41, 5.74) is 7.85. The van der Waals surface area contributed by atoms with Gasteiger partial charge in [-0.25, -0.2) is 9.97 Å². The second-order valence-corrected chi connectivity index (χ2v) is 8.46. The fourth-order valence-corrected chi connectivity index (χ4v) is 3.62. The molecule has 3 rings (SSSR count). The largest absolute Gasteiger partial charge is 0.397 e. The van der Waals surface area contributed by atoms with Crippen LogP contribution in [0.5, 0.6) is 0 Å². The number of hydrogen-bond acceptors (Lipinski definition) is 6. The Labute approximate surface area is 159 Å². The van der Waals surface area contributed by atoms with Crippen molar-refractivity contribution in [3.8, 4) is 11.3 Å². The Kier molecular flexibility index (Phi) is 4.81. The van der Waals surface area contributed by atoms with E-state index in [9.17, 15) is 5.11 Å². The van der Waals surface area contributed by atoms with Gasteiger partial charge >= 0.3 is 0 Å². The fourth-order valence-electron chi connectivity index (χ4n) is 2.38. The standard InChI is InChI=1S/C17H18Cl2N4OS/c1-8-13(20)12-14(9-4-5-10(18)11(19)6-9)21-16(22-15(12)25-8)23-17(2,3)7-24/h4-6,24H,7,20H2,1-3H3,(H,21,22,23). The van der Waals surface area contributed by atoms with E-state index in [2.05, 4.69) is 15.3 Å². The highest BCUT2D eigenvalue weighted by Gasteiger charge is 2.21. The molecule has 1 aromatic carbocycles. The first-order chi connectivity index (χ1) is 11.7. The molecule has 0 amide bonds. The van der Waals surface area contributed by atoms with Crippen LogP contribution in [0.15, 0.2) is 18.2 Å². The zero-order valence-corrected chi connectivity index (χ0v) is 16.4. The van der Waals surface area contributed by atoms with Gasteiger partial charge in [-0.2, -0.15) is 0 Å². The van der Waals surface area contributed by atoms with Crippen molar-refractivity contribution < 1.29 is 5.11 Å². The average Bonchev–Trinajstić information content (AvgIpc) is 2.83. The predicted octanol–water partition coefficient (Wildman–Crippen LogP) is 4.74. The van der Waals surface area contributed by atoms with Crippen molar-refractivity contribution in [2.45, 2.75) is 26.3 Å². The van der Waals surface area contributed by atoms with Gasteiger partial charge in [0.2, 0.25) is 5.95 Å². The third kappa shape index (κ3) is 3.53. The summed E-state index contributed by atoms with van der Waals surface area (Å²) < 4.78 is 0. The van der Waals surface area contributed by atoms with Crippen molar-refractivity contribution in [1.82, 2.24) is 9.97 Å². The van der Waals surface area contributed by atoms with Crippen LogP contribution in [-0.2, 0) is 0 Å². The van der Waals surface area contributed by atoms with Crippen LogP contribution in [-0.4, -0.2) is 27.2 Å². The molecule has 8 heteroatoms. The number of nitrogens with zero attached hydrogens (tertiary/aromatic N) is 2. The molecule has 132 valence electrons. The maximum atomic E-state index is 9.50. The number of aliphatic hydroxyl groups is 1. The monoisotopic (exact) mass is 396 g/mol. The lowest BCUT2D eigenvalue weighted by Gasteiger charge is -2.23. The van der Waals surface area contributed by atoms with Crippen LogP contribution in [0.2, 0.25) is 10.0 Å².